The Morgan fingerprint density at radius 2 is 2.31 bits per heavy atom. The SMILES string of the molecule is Cn1cnc(C(NN)c2cccc(F)c2)c1. The van der Waals surface area contributed by atoms with E-state index < -0.39 is 0 Å². The van der Waals surface area contributed by atoms with Crippen molar-refractivity contribution in [2.45, 2.75) is 6.04 Å². The van der Waals surface area contributed by atoms with E-state index in [2.05, 4.69) is 10.4 Å². The molecule has 2 rings (SSSR count). The van der Waals surface area contributed by atoms with Gasteiger partial charge in [-0.1, -0.05) is 12.1 Å². The summed E-state index contributed by atoms with van der Waals surface area (Å²) in [6.45, 7) is 0. The standard InChI is InChI=1S/C11H13FN4/c1-16-6-10(14-7-16)11(15-13)8-3-2-4-9(12)5-8/h2-7,11,15H,13H2,1H3. The Morgan fingerprint density at radius 1 is 1.50 bits per heavy atom. The second kappa shape index (κ2) is 4.42. The van der Waals surface area contributed by atoms with Gasteiger partial charge in [-0.05, 0) is 17.7 Å². The number of hydrazine groups is 1. The Balaban J connectivity index is 2.36. The van der Waals surface area contributed by atoms with Crippen LogP contribution in [0.5, 0.6) is 0 Å². The summed E-state index contributed by atoms with van der Waals surface area (Å²) >= 11 is 0. The lowest BCUT2D eigenvalue weighted by atomic mass is 10.1. The summed E-state index contributed by atoms with van der Waals surface area (Å²) in [6, 6.07) is 6.01. The molecule has 3 N–H and O–H groups in total. The van der Waals surface area contributed by atoms with E-state index in [-0.39, 0.29) is 11.9 Å². The van der Waals surface area contributed by atoms with Crippen LogP contribution in [0, 0.1) is 5.82 Å². The number of aromatic nitrogens is 2. The van der Waals surface area contributed by atoms with Crippen molar-refractivity contribution in [3.8, 4) is 0 Å². The number of nitrogens with two attached hydrogens (primary N) is 1. The van der Waals surface area contributed by atoms with E-state index in [4.69, 9.17) is 5.84 Å². The van der Waals surface area contributed by atoms with Crippen molar-refractivity contribution < 1.29 is 4.39 Å². The van der Waals surface area contributed by atoms with Gasteiger partial charge in [0.1, 0.15) is 5.82 Å². The molecule has 1 unspecified atom stereocenters. The van der Waals surface area contributed by atoms with Crippen molar-refractivity contribution >= 4 is 0 Å². The summed E-state index contributed by atoms with van der Waals surface area (Å²) < 4.78 is 14.9. The second-order valence-corrected chi connectivity index (χ2v) is 3.62. The summed E-state index contributed by atoms with van der Waals surface area (Å²) in [5.74, 6) is 5.19. The molecule has 0 aliphatic carbocycles. The number of imidazole rings is 1. The molecule has 0 aliphatic heterocycles. The molecule has 1 aromatic heterocycles. The van der Waals surface area contributed by atoms with E-state index in [0.29, 0.717) is 0 Å². The zero-order valence-electron chi connectivity index (χ0n) is 8.89. The number of halogens is 1. The minimum Gasteiger partial charge on any atom is -0.340 e. The summed E-state index contributed by atoms with van der Waals surface area (Å²) in [7, 11) is 1.87. The molecule has 0 bridgehead atoms. The van der Waals surface area contributed by atoms with Crippen molar-refractivity contribution in [2.24, 2.45) is 12.9 Å². The van der Waals surface area contributed by atoms with Crippen LogP contribution in [0.2, 0.25) is 0 Å². The van der Waals surface area contributed by atoms with Crippen LogP contribution in [-0.4, -0.2) is 9.55 Å². The summed E-state index contributed by atoms with van der Waals surface area (Å²) in [5, 5.41) is 0. The minimum absolute atomic E-state index is 0.284. The second-order valence-electron chi connectivity index (χ2n) is 3.62. The third kappa shape index (κ3) is 2.10. The first-order chi connectivity index (χ1) is 7.70. The molecule has 1 atom stereocenters. The van der Waals surface area contributed by atoms with Gasteiger partial charge in [0.25, 0.3) is 0 Å². The highest BCUT2D eigenvalue weighted by Gasteiger charge is 2.15. The minimum atomic E-state index is -0.295. The average Bonchev–Trinajstić information content (AvgIpc) is 2.66. The number of aryl methyl sites for hydroxylation is 1. The number of benzene rings is 1. The lowest BCUT2D eigenvalue weighted by Crippen LogP contribution is -2.29. The summed E-state index contributed by atoms with van der Waals surface area (Å²) in [6.07, 6.45) is 3.52. The molecule has 0 aliphatic rings. The summed E-state index contributed by atoms with van der Waals surface area (Å²) in [4.78, 5) is 4.19. The van der Waals surface area contributed by atoms with Gasteiger partial charge in [0.05, 0.1) is 18.1 Å². The predicted molar refractivity (Wildman–Crippen MR) is 58.8 cm³/mol. The quantitative estimate of drug-likeness (QED) is 0.602. The monoisotopic (exact) mass is 220 g/mol. The Hall–Kier alpha value is -1.72. The van der Waals surface area contributed by atoms with Gasteiger partial charge in [0.2, 0.25) is 0 Å². The molecular formula is C11H13FN4. The van der Waals surface area contributed by atoms with Gasteiger partial charge in [0, 0.05) is 13.2 Å². The van der Waals surface area contributed by atoms with E-state index in [1.165, 1.54) is 12.1 Å². The first kappa shape index (κ1) is 10.8. The van der Waals surface area contributed by atoms with E-state index in [0.717, 1.165) is 11.3 Å². The molecule has 16 heavy (non-hydrogen) atoms. The van der Waals surface area contributed by atoms with E-state index >= 15 is 0 Å². The van der Waals surface area contributed by atoms with E-state index in [1.54, 1.807) is 12.4 Å². The third-order valence-electron chi connectivity index (χ3n) is 2.37. The molecule has 4 nitrogen and oxygen atoms in total. The zero-order chi connectivity index (χ0) is 11.5. The fraction of sp³-hybridized carbons (Fsp3) is 0.182. The lowest BCUT2D eigenvalue weighted by molar-refractivity contribution is 0.599. The van der Waals surface area contributed by atoms with Crippen LogP contribution in [0.4, 0.5) is 4.39 Å². The number of nitrogens with one attached hydrogen (secondary N) is 1. The number of hydrogen-bond donors (Lipinski definition) is 2. The average molecular weight is 220 g/mol. The molecule has 0 saturated heterocycles. The van der Waals surface area contributed by atoms with Crippen LogP contribution in [0.15, 0.2) is 36.8 Å². The van der Waals surface area contributed by atoms with Crippen molar-refractivity contribution in [3.05, 3.63) is 53.9 Å². The Labute approximate surface area is 92.9 Å². The van der Waals surface area contributed by atoms with Crippen LogP contribution < -0.4 is 11.3 Å². The van der Waals surface area contributed by atoms with E-state index in [1.807, 2.05) is 23.9 Å². The van der Waals surface area contributed by atoms with E-state index in [9.17, 15) is 4.39 Å². The van der Waals surface area contributed by atoms with Gasteiger partial charge in [-0.15, -0.1) is 0 Å². The maximum atomic E-state index is 13.1. The van der Waals surface area contributed by atoms with Crippen LogP contribution in [0.3, 0.4) is 0 Å². The molecule has 0 spiro atoms. The van der Waals surface area contributed by atoms with Gasteiger partial charge in [0.15, 0.2) is 0 Å². The Kier molecular flexibility index (Phi) is 2.98. The maximum absolute atomic E-state index is 13.1. The molecule has 0 saturated carbocycles. The van der Waals surface area contributed by atoms with Gasteiger partial charge in [-0.25, -0.2) is 14.8 Å². The first-order valence-electron chi connectivity index (χ1n) is 4.90. The predicted octanol–water partition coefficient (Wildman–Crippen LogP) is 1.11. The van der Waals surface area contributed by atoms with Gasteiger partial charge in [-0.2, -0.15) is 0 Å². The van der Waals surface area contributed by atoms with Crippen LogP contribution in [0.25, 0.3) is 0 Å². The van der Waals surface area contributed by atoms with Gasteiger partial charge in [-0.3, -0.25) is 5.84 Å². The zero-order valence-corrected chi connectivity index (χ0v) is 8.89. The fourth-order valence-corrected chi connectivity index (χ4v) is 1.62. The smallest absolute Gasteiger partial charge is 0.123 e. The van der Waals surface area contributed by atoms with Crippen molar-refractivity contribution in [3.63, 3.8) is 0 Å². The highest BCUT2D eigenvalue weighted by atomic mass is 19.1. The molecule has 2 aromatic rings. The molecule has 0 fully saturated rings. The molecule has 84 valence electrons. The van der Waals surface area contributed by atoms with Crippen molar-refractivity contribution in [1.82, 2.24) is 15.0 Å². The molecule has 5 heteroatoms. The first-order valence-corrected chi connectivity index (χ1v) is 4.90. The summed E-state index contributed by atoms with van der Waals surface area (Å²) in [5.41, 5.74) is 4.14. The molecular weight excluding hydrogens is 207 g/mol. The molecule has 1 aromatic carbocycles. The van der Waals surface area contributed by atoms with Crippen LogP contribution >= 0.6 is 0 Å². The Bertz CT molecular complexity index is 480. The largest absolute Gasteiger partial charge is 0.340 e. The van der Waals surface area contributed by atoms with Gasteiger partial charge < -0.3 is 4.57 Å². The number of nitrogens with zero attached hydrogens (tertiary/aromatic N) is 2. The lowest BCUT2D eigenvalue weighted by Gasteiger charge is -2.13. The van der Waals surface area contributed by atoms with Crippen molar-refractivity contribution in [1.29, 1.82) is 0 Å². The topological polar surface area (TPSA) is 55.9 Å². The highest BCUT2D eigenvalue weighted by molar-refractivity contribution is 5.27. The van der Waals surface area contributed by atoms with Crippen molar-refractivity contribution in [2.75, 3.05) is 0 Å². The highest BCUT2D eigenvalue weighted by Crippen LogP contribution is 2.19. The molecule has 0 amide bonds. The van der Waals surface area contributed by atoms with Crippen LogP contribution in [0.1, 0.15) is 17.3 Å². The number of hydrogen-bond acceptors (Lipinski definition) is 3. The number of rotatable bonds is 3. The fourth-order valence-electron chi connectivity index (χ4n) is 1.62. The molecule has 1 heterocycles. The third-order valence-corrected chi connectivity index (χ3v) is 2.37. The maximum Gasteiger partial charge on any atom is 0.123 e. The normalized spacial score (nSPS) is 12.7. The van der Waals surface area contributed by atoms with Crippen LogP contribution in [-0.2, 0) is 7.05 Å². The Morgan fingerprint density at radius 3 is 2.88 bits per heavy atom. The van der Waals surface area contributed by atoms with Gasteiger partial charge >= 0.3 is 0 Å². The molecule has 0 radical (unpaired) electrons.